The zero-order valence-corrected chi connectivity index (χ0v) is 9.66. The standard InChI is InChI=1S/C11H13ClN2O2/c1-11(15,6-13)5-9-14-8-4-2-3-7(12)10(8)16-9/h2-4,15H,5-6,13H2,1H3. The number of hydrogen-bond acceptors (Lipinski definition) is 4. The number of hydrogen-bond donors (Lipinski definition) is 2. The summed E-state index contributed by atoms with van der Waals surface area (Å²) in [4.78, 5) is 4.24. The highest BCUT2D eigenvalue weighted by atomic mass is 35.5. The number of aliphatic hydroxyl groups is 1. The lowest BCUT2D eigenvalue weighted by atomic mass is 10.0. The average molecular weight is 241 g/mol. The molecule has 0 saturated heterocycles. The van der Waals surface area contributed by atoms with E-state index in [-0.39, 0.29) is 13.0 Å². The van der Waals surface area contributed by atoms with E-state index >= 15 is 0 Å². The van der Waals surface area contributed by atoms with Gasteiger partial charge in [0.2, 0.25) is 0 Å². The quantitative estimate of drug-likeness (QED) is 0.857. The van der Waals surface area contributed by atoms with Gasteiger partial charge in [-0.15, -0.1) is 0 Å². The summed E-state index contributed by atoms with van der Waals surface area (Å²) >= 11 is 5.95. The normalized spacial score (nSPS) is 15.2. The van der Waals surface area contributed by atoms with Crippen LogP contribution in [0.3, 0.4) is 0 Å². The number of rotatable bonds is 3. The van der Waals surface area contributed by atoms with Gasteiger partial charge in [-0.25, -0.2) is 4.98 Å². The van der Waals surface area contributed by atoms with E-state index in [0.29, 0.717) is 22.0 Å². The number of benzene rings is 1. The monoisotopic (exact) mass is 240 g/mol. The summed E-state index contributed by atoms with van der Waals surface area (Å²) in [6.45, 7) is 1.79. The third-order valence-corrected chi connectivity index (χ3v) is 2.68. The van der Waals surface area contributed by atoms with Crippen LogP contribution < -0.4 is 5.73 Å². The first kappa shape index (κ1) is 11.4. The summed E-state index contributed by atoms with van der Waals surface area (Å²) in [5.41, 5.74) is 5.66. The minimum Gasteiger partial charge on any atom is -0.439 e. The predicted molar refractivity (Wildman–Crippen MR) is 62.4 cm³/mol. The number of aromatic nitrogens is 1. The van der Waals surface area contributed by atoms with E-state index in [1.807, 2.05) is 6.07 Å². The molecular weight excluding hydrogens is 228 g/mol. The largest absolute Gasteiger partial charge is 0.439 e. The van der Waals surface area contributed by atoms with Gasteiger partial charge in [-0.1, -0.05) is 17.7 Å². The maximum absolute atomic E-state index is 9.81. The molecule has 0 aliphatic rings. The van der Waals surface area contributed by atoms with Gasteiger partial charge in [-0.3, -0.25) is 0 Å². The summed E-state index contributed by atoms with van der Waals surface area (Å²) in [6.07, 6.45) is 0.272. The molecule has 1 heterocycles. The van der Waals surface area contributed by atoms with Crippen LogP contribution >= 0.6 is 11.6 Å². The molecule has 1 atom stereocenters. The molecule has 0 aliphatic carbocycles. The molecule has 3 N–H and O–H groups in total. The van der Waals surface area contributed by atoms with Gasteiger partial charge in [0, 0.05) is 6.54 Å². The fourth-order valence-electron chi connectivity index (χ4n) is 1.44. The molecular formula is C11H13ClN2O2. The van der Waals surface area contributed by atoms with Crippen LogP contribution in [0, 0.1) is 0 Å². The average Bonchev–Trinajstić information content (AvgIpc) is 2.61. The fourth-order valence-corrected chi connectivity index (χ4v) is 1.64. The first-order valence-electron chi connectivity index (χ1n) is 4.98. The summed E-state index contributed by atoms with van der Waals surface area (Å²) in [5.74, 6) is 0.443. The van der Waals surface area contributed by atoms with Gasteiger partial charge in [0.15, 0.2) is 11.5 Å². The molecule has 0 spiro atoms. The first-order chi connectivity index (χ1) is 7.52. The van der Waals surface area contributed by atoms with Crippen molar-refractivity contribution in [2.75, 3.05) is 6.54 Å². The zero-order valence-electron chi connectivity index (χ0n) is 8.90. The number of oxazole rings is 1. The van der Waals surface area contributed by atoms with Crippen LogP contribution in [-0.4, -0.2) is 22.2 Å². The zero-order chi connectivity index (χ0) is 11.8. The van der Waals surface area contributed by atoms with Crippen molar-refractivity contribution in [3.8, 4) is 0 Å². The maximum Gasteiger partial charge on any atom is 0.198 e. The molecule has 0 saturated carbocycles. The van der Waals surface area contributed by atoms with E-state index < -0.39 is 5.60 Å². The first-order valence-corrected chi connectivity index (χ1v) is 5.36. The SMILES string of the molecule is CC(O)(CN)Cc1nc2cccc(Cl)c2o1. The van der Waals surface area contributed by atoms with Gasteiger partial charge in [0.05, 0.1) is 17.0 Å². The maximum atomic E-state index is 9.81. The predicted octanol–water partition coefficient (Wildman–Crippen LogP) is 1.73. The summed E-state index contributed by atoms with van der Waals surface area (Å²) < 4.78 is 5.48. The minimum absolute atomic E-state index is 0.152. The van der Waals surface area contributed by atoms with Crippen molar-refractivity contribution in [2.24, 2.45) is 5.73 Å². The Kier molecular flexibility index (Phi) is 2.88. The lowest BCUT2D eigenvalue weighted by Gasteiger charge is -2.18. The van der Waals surface area contributed by atoms with Gasteiger partial charge in [-0.05, 0) is 19.1 Å². The summed E-state index contributed by atoms with van der Waals surface area (Å²) in [6, 6.07) is 5.35. The van der Waals surface area contributed by atoms with Gasteiger partial charge < -0.3 is 15.3 Å². The molecule has 0 fully saturated rings. The van der Waals surface area contributed by atoms with Gasteiger partial charge in [-0.2, -0.15) is 0 Å². The highest BCUT2D eigenvalue weighted by molar-refractivity contribution is 6.34. The lowest BCUT2D eigenvalue weighted by Crippen LogP contribution is -2.36. The van der Waals surface area contributed by atoms with E-state index in [1.54, 1.807) is 19.1 Å². The summed E-state index contributed by atoms with van der Waals surface area (Å²) in [7, 11) is 0. The van der Waals surface area contributed by atoms with Crippen LogP contribution in [0.1, 0.15) is 12.8 Å². The molecule has 4 nitrogen and oxygen atoms in total. The molecule has 86 valence electrons. The van der Waals surface area contributed by atoms with E-state index in [2.05, 4.69) is 4.98 Å². The molecule has 1 unspecified atom stereocenters. The van der Waals surface area contributed by atoms with Crippen molar-refractivity contribution in [2.45, 2.75) is 18.9 Å². The number of fused-ring (bicyclic) bond motifs is 1. The second-order valence-corrected chi connectivity index (χ2v) is 4.48. The van der Waals surface area contributed by atoms with Gasteiger partial charge in [0.25, 0.3) is 0 Å². The van der Waals surface area contributed by atoms with Gasteiger partial charge in [0.1, 0.15) is 5.52 Å². The van der Waals surface area contributed by atoms with Crippen LogP contribution in [0.25, 0.3) is 11.1 Å². The van der Waals surface area contributed by atoms with Crippen LogP contribution in [0.5, 0.6) is 0 Å². The van der Waals surface area contributed by atoms with Crippen molar-refractivity contribution in [3.63, 3.8) is 0 Å². The second kappa shape index (κ2) is 4.05. The molecule has 2 aromatic rings. The number of nitrogens with two attached hydrogens (primary N) is 1. The molecule has 0 aliphatic heterocycles. The minimum atomic E-state index is -1.01. The number of nitrogens with zero attached hydrogens (tertiary/aromatic N) is 1. The van der Waals surface area contributed by atoms with Crippen LogP contribution in [0.4, 0.5) is 0 Å². The van der Waals surface area contributed by atoms with E-state index in [9.17, 15) is 5.11 Å². The highest BCUT2D eigenvalue weighted by Gasteiger charge is 2.22. The highest BCUT2D eigenvalue weighted by Crippen LogP contribution is 2.25. The Balaban J connectivity index is 2.37. The van der Waals surface area contributed by atoms with Crippen LogP contribution in [-0.2, 0) is 6.42 Å². The number of para-hydroxylation sites is 1. The molecule has 0 bridgehead atoms. The Bertz CT molecular complexity index is 508. The Labute approximate surface area is 98.0 Å². The molecule has 1 aromatic heterocycles. The third-order valence-electron chi connectivity index (χ3n) is 2.38. The Hall–Kier alpha value is -1.10. The molecule has 1 aromatic carbocycles. The lowest BCUT2D eigenvalue weighted by molar-refractivity contribution is 0.0632. The third kappa shape index (κ3) is 2.19. The van der Waals surface area contributed by atoms with Crippen molar-refractivity contribution in [1.29, 1.82) is 0 Å². The smallest absolute Gasteiger partial charge is 0.198 e. The molecule has 0 amide bonds. The summed E-state index contributed by atoms with van der Waals surface area (Å²) in [5, 5.41) is 10.3. The van der Waals surface area contributed by atoms with E-state index in [1.165, 1.54) is 0 Å². The van der Waals surface area contributed by atoms with Crippen molar-refractivity contribution < 1.29 is 9.52 Å². The molecule has 0 radical (unpaired) electrons. The van der Waals surface area contributed by atoms with Crippen molar-refractivity contribution >= 4 is 22.7 Å². The van der Waals surface area contributed by atoms with Crippen LogP contribution in [0.15, 0.2) is 22.6 Å². The van der Waals surface area contributed by atoms with Gasteiger partial charge >= 0.3 is 0 Å². The van der Waals surface area contributed by atoms with E-state index in [0.717, 1.165) is 0 Å². The topological polar surface area (TPSA) is 72.3 Å². The molecule has 5 heteroatoms. The Morgan fingerprint density at radius 2 is 2.31 bits per heavy atom. The van der Waals surface area contributed by atoms with Crippen molar-refractivity contribution in [3.05, 3.63) is 29.1 Å². The Morgan fingerprint density at radius 3 is 2.94 bits per heavy atom. The molecule has 16 heavy (non-hydrogen) atoms. The van der Waals surface area contributed by atoms with Crippen molar-refractivity contribution in [1.82, 2.24) is 4.98 Å². The number of halogens is 1. The molecule has 2 rings (SSSR count). The van der Waals surface area contributed by atoms with E-state index in [4.69, 9.17) is 21.8 Å². The van der Waals surface area contributed by atoms with Crippen LogP contribution in [0.2, 0.25) is 5.02 Å². The Morgan fingerprint density at radius 1 is 1.56 bits per heavy atom. The fraction of sp³-hybridized carbons (Fsp3) is 0.364. The second-order valence-electron chi connectivity index (χ2n) is 4.07.